The Morgan fingerprint density at radius 2 is 2.00 bits per heavy atom. The molecule has 1 amide bonds. The quantitative estimate of drug-likeness (QED) is 0.499. The van der Waals surface area contributed by atoms with Gasteiger partial charge in [-0.15, -0.1) is 0 Å². The monoisotopic (exact) mass is 379 g/mol. The number of anilines is 1. The smallest absolute Gasteiger partial charge is 0.341 e. The Bertz CT molecular complexity index is 799. The van der Waals surface area contributed by atoms with Crippen molar-refractivity contribution in [1.29, 1.82) is 0 Å². The normalized spacial score (nSPS) is 10.4. The molecule has 2 rings (SSSR count). The van der Waals surface area contributed by atoms with Gasteiger partial charge in [0.1, 0.15) is 17.1 Å². The van der Waals surface area contributed by atoms with Crippen LogP contribution in [0.3, 0.4) is 0 Å². The van der Waals surface area contributed by atoms with Crippen LogP contribution < -0.4 is 5.32 Å². The second kappa shape index (κ2) is 9.00. The maximum Gasteiger partial charge on any atom is 0.341 e. The summed E-state index contributed by atoms with van der Waals surface area (Å²) in [6, 6.07) is 0.992. The molecule has 8 nitrogen and oxygen atoms in total. The minimum Gasteiger partial charge on any atom is -0.507 e. The van der Waals surface area contributed by atoms with Crippen molar-refractivity contribution in [3.05, 3.63) is 40.8 Å². The van der Waals surface area contributed by atoms with Gasteiger partial charge in [0.15, 0.2) is 5.82 Å². The number of unbranched alkanes of at least 4 members (excludes halogenated alkanes) is 1. The number of nitrogens with zero attached hydrogens (tertiary/aromatic N) is 2. The van der Waals surface area contributed by atoms with Gasteiger partial charge in [-0.1, -0.05) is 11.6 Å². The average molecular weight is 380 g/mol. The molecule has 2 aromatic rings. The van der Waals surface area contributed by atoms with E-state index in [9.17, 15) is 19.8 Å². The van der Waals surface area contributed by atoms with Gasteiger partial charge >= 0.3 is 5.97 Å². The van der Waals surface area contributed by atoms with Crippen LogP contribution in [-0.4, -0.2) is 39.2 Å². The Hall–Kier alpha value is -2.87. The summed E-state index contributed by atoms with van der Waals surface area (Å²) in [4.78, 5) is 31.5. The molecule has 0 bridgehead atoms. The summed E-state index contributed by atoms with van der Waals surface area (Å²) in [6.45, 7) is 0. The third kappa shape index (κ3) is 4.82. The highest BCUT2D eigenvalue weighted by Gasteiger charge is 2.22. The summed E-state index contributed by atoms with van der Waals surface area (Å²) in [5.41, 5.74) is 0.199. The molecule has 138 valence electrons. The van der Waals surface area contributed by atoms with Gasteiger partial charge in [-0.2, -0.15) is 0 Å². The van der Waals surface area contributed by atoms with Crippen molar-refractivity contribution in [3.63, 3.8) is 0 Å². The van der Waals surface area contributed by atoms with Crippen LogP contribution in [0.15, 0.2) is 24.7 Å². The topological polar surface area (TPSA) is 122 Å². The van der Waals surface area contributed by atoms with Crippen molar-refractivity contribution in [2.24, 2.45) is 0 Å². The number of phenols is 2. The molecule has 3 N–H and O–H groups in total. The molecule has 1 heterocycles. The number of ether oxygens (including phenoxy) is 1. The number of carbonyl (C=O) groups is 2. The largest absolute Gasteiger partial charge is 0.507 e. The average Bonchev–Trinajstić information content (AvgIpc) is 2.62. The van der Waals surface area contributed by atoms with Crippen LogP contribution >= 0.6 is 11.6 Å². The number of methoxy groups -OCH3 is 1. The molecule has 0 spiro atoms. The predicted octanol–water partition coefficient (Wildman–Crippen LogP) is 2.68. The van der Waals surface area contributed by atoms with E-state index in [0.29, 0.717) is 18.7 Å². The number of amides is 1. The molecule has 1 aromatic carbocycles. The third-order valence-corrected chi connectivity index (χ3v) is 4.04. The van der Waals surface area contributed by atoms with E-state index in [1.807, 2.05) is 0 Å². The van der Waals surface area contributed by atoms with E-state index in [-0.39, 0.29) is 40.6 Å². The van der Waals surface area contributed by atoms with Gasteiger partial charge in [-0.05, 0) is 24.8 Å². The highest BCUT2D eigenvalue weighted by Crippen LogP contribution is 2.37. The van der Waals surface area contributed by atoms with Crippen molar-refractivity contribution in [3.8, 4) is 11.5 Å². The number of rotatable bonds is 7. The number of phenolic OH excluding ortho intramolecular Hbond substituents is 2. The van der Waals surface area contributed by atoms with E-state index in [1.54, 1.807) is 0 Å². The van der Waals surface area contributed by atoms with Crippen molar-refractivity contribution >= 4 is 29.3 Å². The first kappa shape index (κ1) is 19.5. The SMILES string of the molecule is COC(=O)c1c(O)cc(O)c(Cl)c1CCCCC(=O)Nc1cnccn1. The van der Waals surface area contributed by atoms with E-state index in [2.05, 4.69) is 20.0 Å². The molecule has 0 aliphatic heterocycles. The summed E-state index contributed by atoms with van der Waals surface area (Å²) < 4.78 is 4.65. The number of benzene rings is 1. The van der Waals surface area contributed by atoms with Gasteiger partial charge in [0, 0.05) is 24.9 Å². The minimum absolute atomic E-state index is 0.0211. The van der Waals surface area contributed by atoms with Crippen LogP contribution in [0, 0.1) is 0 Å². The van der Waals surface area contributed by atoms with Gasteiger partial charge in [0.05, 0.1) is 18.3 Å². The molecule has 0 saturated carbocycles. The number of hydrogen-bond donors (Lipinski definition) is 3. The van der Waals surface area contributed by atoms with Crippen LogP contribution in [-0.2, 0) is 16.0 Å². The molecule has 1 aromatic heterocycles. The Kier molecular flexibility index (Phi) is 6.74. The van der Waals surface area contributed by atoms with Crippen molar-refractivity contribution in [2.75, 3.05) is 12.4 Å². The summed E-state index contributed by atoms with van der Waals surface area (Å²) in [7, 11) is 1.18. The van der Waals surface area contributed by atoms with Crippen LogP contribution in [0.5, 0.6) is 11.5 Å². The molecule has 0 fully saturated rings. The second-order valence-electron chi connectivity index (χ2n) is 5.42. The lowest BCUT2D eigenvalue weighted by molar-refractivity contribution is -0.116. The number of hydrogen-bond acceptors (Lipinski definition) is 7. The maximum atomic E-state index is 11.9. The summed E-state index contributed by atoms with van der Waals surface area (Å²) in [5.74, 6) is -1.34. The summed E-state index contributed by atoms with van der Waals surface area (Å²) >= 11 is 6.06. The second-order valence-corrected chi connectivity index (χ2v) is 5.80. The van der Waals surface area contributed by atoms with Crippen molar-refractivity contribution in [1.82, 2.24) is 9.97 Å². The van der Waals surface area contributed by atoms with Gasteiger partial charge < -0.3 is 20.3 Å². The minimum atomic E-state index is -0.750. The zero-order valence-electron chi connectivity index (χ0n) is 14.0. The number of aromatic hydroxyl groups is 2. The molecule has 26 heavy (non-hydrogen) atoms. The lowest BCUT2D eigenvalue weighted by Crippen LogP contribution is -2.12. The summed E-state index contributed by atoms with van der Waals surface area (Å²) in [5, 5.41) is 22.3. The lowest BCUT2D eigenvalue weighted by atomic mass is 9.99. The van der Waals surface area contributed by atoms with Crippen LogP contribution in [0.25, 0.3) is 0 Å². The first-order chi connectivity index (χ1) is 12.4. The van der Waals surface area contributed by atoms with E-state index in [1.165, 1.54) is 25.7 Å². The zero-order chi connectivity index (χ0) is 19.1. The first-order valence-corrected chi connectivity index (χ1v) is 8.19. The van der Waals surface area contributed by atoms with Crippen LogP contribution in [0.2, 0.25) is 5.02 Å². The molecule has 0 unspecified atom stereocenters. The predicted molar refractivity (Wildman–Crippen MR) is 94.3 cm³/mol. The Balaban J connectivity index is 1.97. The van der Waals surface area contributed by atoms with Crippen LogP contribution in [0.1, 0.15) is 35.2 Å². The lowest BCUT2D eigenvalue weighted by Gasteiger charge is -2.13. The fraction of sp³-hybridized carbons (Fsp3) is 0.294. The Labute approximate surface area is 154 Å². The number of aromatic nitrogens is 2. The molecule has 0 aliphatic carbocycles. The Morgan fingerprint density at radius 1 is 1.23 bits per heavy atom. The van der Waals surface area contributed by atoms with E-state index >= 15 is 0 Å². The highest BCUT2D eigenvalue weighted by atomic mass is 35.5. The number of nitrogens with one attached hydrogen (secondary N) is 1. The van der Waals surface area contributed by atoms with E-state index < -0.39 is 11.7 Å². The van der Waals surface area contributed by atoms with E-state index in [0.717, 1.165) is 6.07 Å². The molecule has 0 atom stereocenters. The van der Waals surface area contributed by atoms with Gasteiger partial charge in [-0.3, -0.25) is 9.78 Å². The third-order valence-electron chi connectivity index (χ3n) is 3.62. The van der Waals surface area contributed by atoms with E-state index in [4.69, 9.17) is 11.6 Å². The van der Waals surface area contributed by atoms with Crippen LogP contribution in [0.4, 0.5) is 5.82 Å². The van der Waals surface area contributed by atoms with Gasteiger partial charge in [0.25, 0.3) is 0 Å². The molecule has 0 saturated heterocycles. The van der Waals surface area contributed by atoms with Crippen molar-refractivity contribution < 1.29 is 24.5 Å². The van der Waals surface area contributed by atoms with Gasteiger partial charge in [-0.25, -0.2) is 9.78 Å². The first-order valence-electron chi connectivity index (χ1n) is 7.81. The molecular weight excluding hydrogens is 362 g/mol. The molecule has 0 radical (unpaired) electrons. The molecular formula is C17H18ClN3O5. The highest BCUT2D eigenvalue weighted by molar-refractivity contribution is 6.33. The van der Waals surface area contributed by atoms with Crippen molar-refractivity contribution in [2.45, 2.75) is 25.7 Å². The molecule has 9 heteroatoms. The number of esters is 1. The maximum absolute atomic E-state index is 11.9. The molecule has 0 aliphatic rings. The standard InChI is InChI=1S/C17H18ClN3O5/c1-26-17(25)15-10(16(18)12(23)8-11(15)22)4-2-3-5-14(24)21-13-9-19-6-7-20-13/h6-9,22-23H,2-5H2,1H3,(H,20,21,24). The number of carbonyl (C=O) groups excluding carboxylic acids is 2. The fourth-order valence-electron chi connectivity index (χ4n) is 2.40. The number of halogens is 1. The summed E-state index contributed by atoms with van der Waals surface area (Å²) in [6.07, 6.45) is 5.93. The zero-order valence-corrected chi connectivity index (χ0v) is 14.8. The fourth-order valence-corrected chi connectivity index (χ4v) is 2.65. The van der Waals surface area contributed by atoms with Gasteiger partial charge in [0.2, 0.25) is 5.91 Å². The Morgan fingerprint density at radius 3 is 2.65 bits per heavy atom.